The zero-order valence-corrected chi connectivity index (χ0v) is 8.07. The van der Waals surface area contributed by atoms with Gasteiger partial charge in [0.05, 0.1) is 17.6 Å². The van der Waals surface area contributed by atoms with Crippen LogP contribution < -0.4 is 11.1 Å². The van der Waals surface area contributed by atoms with Gasteiger partial charge < -0.3 is 11.1 Å². The van der Waals surface area contributed by atoms with Crippen LogP contribution in [0.2, 0.25) is 0 Å². The van der Waals surface area contributed by atoms with Crippen LogP contribution in [0.25, 0.3) is 0 Å². The van der Waals surface area contributed by atoms with Crippen LogP contribution in [0.5, 0.6) is 0 Å². The van der Waals surface area contributed by atoms with E-state index >= 15 is 0 Å². The molecule has 0 aliphatic heterocycles. The number of pyridine rings is 1. The van der Waals surface area contributed by atoms with Gasteiger partial charge in [0, 0.05) is 7.05 Å². The molecule has 0 bridgehead atoms. The molecule has 1 aromatic rings. The summed E-state index contributed by atoms with van der Waals surface area (Å²) in [7, 11) is 1.35. The lowest BCUT2D eigenvalue weighted by atomic mass is 10.2. The van der Waals surface area contributed by atoms with Gasteiger partial charge in [0.25, 0.3) is 0 Å². The van der Waals surface area contributed by atoms with Crippen molar-refractivity contribution in [1.82, 2.24) is 4.98 Å². The minimum atomic E-state index is -5.68. The fourth-order valence-electron chi connectivity index (χ4n) is 0.999. The number of nitrogens with zero attached hydrogens (tertiary/aromatic N) is 1. The molecule has 0 radical (unpaired) electrons. The van der Waals surface area contributed by atoms with Gasteiger partial charge in [-0.2, -0.15) is 22.0 Å². The molecule has 3 N–H and O–H groups in total. The predicted molar refractivity (Wildman–Crippen MR) is 48.1 cm³/mol. The van der Waals surface area contributed by atoms with E-state index in [1.165, 1.54) is 7.05 Å². The van der Waals surface area contributed by atoms with Gasteiger partial charge in [0.2, 0.25) is 0 Å². The Morgan fingerprint density at radius 2 is 1.81 bits per heavy atom. The first-order valence-corrected chi connectivity index (χ1v) is 4.08. The second-order valence-electron chi connectivity index (χ2n) is 2.98. The summed E-state index contributed by atoms with van der Waals surface area (Å²) in [6.07, 6.45) is -4.93. The normalized spacial score (nSPS) is 12.6. The average Bonchev–Trinajstić information content (AvgIpc) is 2.16. The minimum Gasteiger partial charge on any atom is -0.396 e. The van der Waals surface area contributed by atoms with Crippen LogP contribution in [0.4, 0.5) is 33.3 Å². The van der Waals surface area contributed by atoms with E-state index in [4.69, 9.17) is 5.73 Å². The van der Waals surface area contributed by atoms with Crippen LogP contribution in [0.1, 0.15) is 5.69 Å². The number of halogens is 5. The zero-order chi connectivity index (χ0) is 12.6. The van der Waals surface area contributed by atoms with Crippen molar-refractivity contribution in [2.75, 3.05) is 18.1 Å². The molecule has 0 fully saturated rings. The molecule has 8 heteroatoms. The van der Waals surface area contributed by atoms with Crippen LogP contribution >= 0.6 is 0 Å². The standard InChI is InChI=1S/C8H8F5N3/c1-15-5-2-6(16-3-4(5)14)7(9,10)8(11,12)13/h2-3H,14H2,1H3,(H,15,16). The molecule has 0 aromatic carbocycles. The Morgan fingerprint density at radius 3 is 2.25 bits per heavy atom. The highest BCUT2D eigenvalue weighted by Crippen LogP contribution is 2.43. The van der Waals surface area contributed by atoms with Gasteiger partial charge in [-0.1, -0.05) is 0 Å². The third-order valence-electron chi connectivity index (χ3n) is 1.88. The number of hydrogen-bond donors (Lipinski definition) is 2. The second kappa shape index (κ2) is 3.76. The van der Waals surface area contributed by atoms with Crippen molar-refractivity contribution < 1.29 is 22.0 Å². The Morgan fingerprint density at radius 1 is 1.25 bits per heavy atom. The molecule has 3 nitrogen and oxygen atoms in total. The molecule has 0 spiro atoms. The summed E-state index contributed by atoms with van der Waals surface area (Å²) in [4.78, 5) is 2.99. The summed E-state index contributed by atoms with van der Waals surface area (Å²) in [6.45, 7) is 0. The number of nitrogen functional groups attached to an aromatic ring is 1. The van der Waals surface area contributed by atoms with Gasteiger partial charge >= 0.3 is 12.1 Å². The van der Waals surface area contributed by atoms with E-state index in [-0.39, 0.29) is 11.4 Å². The van der Waals surface area contributed by atoms with Crippen LogP contribution in [-0.2, 0) is 5.92 Å². The molecule has 0 atom stereocenters. The topological polar surface area (TPSA) is 50.9 Å². The maximum atomic E-state index is 12.9. The molecule has 90 valence electrons. The van der Waals surface area contributed by atoms with Crippen LogP contribution in [0.3, 0.4) is 0 Å². The van der Waals surface area contributed by atoms with Crippen molar-refractivity contribution in [2.24, 2.45) is 0 Å². The Bertz CT molecular complexity index is 388. The van der Waals surface area contributed by atoms with E-state index < -0.39 is 17.8 Å². The highest BCUT2D eigenvalue weighted by molar-refractivity contribution is 5.65. The van der Waals surface area contributed by atoms with E-state index in [0.29, 0.717) is 6.07 Å². The summed E-state index contributed by atoms with van der Waals surface area (Å²) < 4.78 is 61.8. The molecule has 0 aliphatic carbocycles. The molecule has 0 unspecified atom stereocenters. The highest BCUT2D eigenvalue weighted by Gasteiger charge is 2.60. The molecular weight excluding hydrogens is 233 g/mol. The third-order valence-corrected chi connectivity index (χ3v) is 1.88. The lowest BCUT2D eigenvalue weighted by Gasteiger charge is -2.19. The summed E-state index contributed by atoms with van der Waals surface area (Å²) in [5.74, 6) is -4.99. The molecular formula is C8H8F5N3. The molecule has 0 amide bonds. The molecule has 1 rings (SSSR count). The lowest BCUT2D eigenvalue weighted by Crippen LogP contribution is -2.34. The Hall–Kier alpha value is -1.60. The largest absolute Gasteiger partial charge is 0.459 e. The number of aromatic nitrogens is 1. The van der Waals surface area contributed by atoms with Crippen molar-refractivity contribution in [3.05, 3.63) is 18.0 Å². The first-order valence-electron chi connectivity index (χ1n) is 4.08. The monoisotopic (exact) mass is 241 g/mol. The Balaban J connectivity index is 3.24. The van der Waals surface area contributed by atoms with E-state index in [1.54, 1.807) is 0 Å². The van der Waals surface area contributed by atoms with Gasteiger partial charge in [-0.15, -0.1) is 0 Å². The molecule has 1 aromatic heterocycles. The van der Waals surface area contributed by atoms with Crippen molar-refractivity contribution in [3.8, 4) is 0 Å². The molecule has 0 saturated carbocycles. The second-order valence-corrected chi connectivity index (χ2v) is 2.98. The average molecular weight is 241 g/mol. The SMILES string of the molecule is CNc1cc(C(F)(F)C(F)(F)F)ncc1N. The van der Waals surface area contributed by atoms with Crippen molar-refractivity contribution in [1.29, 1.82) is 0 Å². The van der Waals surface area contributed by atoms with E-state index in [1.807, 2.05) is 0 Å². The van der Waals surface area contributed by atoms with Crippen LogP contribution in [0, 0.1) is 0 Å². The van der Waals surface area contributed by atoms with Gasteiger partial charge in [-0.05, 0) is 6.07 Å². The first-order chi connectivity index (χ1) is 7.20. The first kappa shape index (κ1) is 12.5. The maximum Gasteiger partial charge on any atom is 0.459 e. The number of hydrogen-bond acceptors (Lipinski definition) is 3. The quantitative estimate of drug-likeness (QED) is 0.781. The smallest absolute Gasteiger partial charge is 0.396 e. The van der Waals surface area contributed by atoms with E-state index in [9.17, 15) is 22.0 Å². The fourth-order valence-corrected chi connectivity index (χ4v) is 0.999. The molecule has 1 heterocycles. The third kappa shape index (κ3) is 2.00. The van der Waals surface area contributed by atoms with Gasteiger partial charge in [-0.25, -0.2) is 0 Å². The van der Waals surface area contributed by atoms with Crippen molar-refractivity contribution >= 4 is 11.4 Å². The summed E-state index contributed by atoms with van der Waals surface area (Å²) >= 11 is 0. The summed E-state index contributed by atoms with van der Waals surface area (Å²) in [6, 6.07) is 0.572. The highest BCUT2D eigenvalue weighted by atomic mass is 19.4. The number of rotatable bonds is 2. The van der Waals surface area contributed by atoms with E-state index in [2.05, 4.69) is 10.3 Å². The number of anilines is 2. The van der Waals surface area contributed by atoms with Gasteiger partial charge in [-0.3, -0.25) is 4.98 Å². The molecule has 0 saturated heterocycles. The van der Waals surface area contributed by atoms with E-state index in [0.717, 1.165) is 6.20 Å². The molecule has 16 heavy (non-hydrogen) atoms. The predicted octanol–water partition coefficient (Wildman–Crippen LogP) is 2.36. The zero-order valence-electron chi connectivity index (χ0n) is 8.07. The van der Waals surface area contributed by atoms with Gasteiger partial charge in [0.15, 0.2) is 0 Å². The summed E-state index contributed by atoms with van der Waals surface area (Å²) in [5, 5.41) is 2.39. The summed E-state index contributed by atoms with van der Waals surface area (Å²) in [5.41, 5.74) is 3.87. The Kier molecular flexibility index (Phi) is 2.93. The van der Waals surface area contributed by atoms with Crippen molar-refractivity contribution in [2.45, 2.75) is 12.1 Å². The lowest BCUT2D eigenvalue weighted by molar-refractivity contribution is -0.290. The minimum absolute atomic E-state index is 0.00998. The maximum absolute atomic E-state index is 12.9. The number of alkyl halides is 5. The van der Waals surface area contributed by atoms with Crippen molar-refractivity contribution in [3.63, 3.8) is 0 Å². The van der Waals surface area contributed by atoms with Crippen LogP contribution in [-0.4, -0.2) is 18.2 Å². The van der Waals surface area contributed by atoms with Crippen LogP contribution in [0.15, 0.2) is 12.3 Å². The van der Waals surface area contributed by atoms with Gasteiger partial charge in [0.1, 0.15) is 5.69 Å². The number of nitrogens with one attached hydrogen (secondary N) is 1. The fraction of sp³-hybridized carbons (Fsp3) is 0.375. The Labute approximate surface area is 87.5 Å². The molecule has 0 aliphatic rings. The number of nitrogens with two attached hydrogens (primary N) is 1.